The Balaban J connectivity index is 1.70. The van der Waals surface area contributed by atoms with E-state index in [1.54, 1.807) is 29.0 Å². The summed E-state index contributed by atoms with van der Waals surface area (Å²) in [6.45, 7) is 1.94. The van der Waals surface area contributed by atoms with Gasteiger partial charge >= 0.3 is 5.97 Å². The van der Waals surface area contributed by atoms with Crippen LogP contribution in [0.4, 0.5) is 0 Å². The second-order valence-corrected chi connectivity index (χ2v) is 4.80. The van der Waals surface area contributed by atoms with Crippen LogP contribution < -0.4 is 10.1 Å². The van der Waals surface area contributed by atoms with Gasteiger partial charge in [-0.3, -0.25) is 4.98 Å². The molecule has 1 aromatic carbocycles. The van der Waals surface area contributed by atoms with E-state index in [1.807, 2.05) is 6.20 Å². The maximum atomic E-state index is 10.8. The number of hydrogen-bond acceptors (Lipinski definition) is 5. The molecule has 0 radical (unpaired) electrons. The molecule has 0 saturated carbocycles. The first-order valence-electron chi connectivity index (χ1n) is 5.80. The third-order valence-electron chi connectivity index (χ3n) is 2.41. The highest BCUT2D eigenvalue weighted by Crippen LogP contribution is 2.13. The van der Waals surface area contributed by atoms with Crippen LogP contribution >= 0.6 is 11.3 Å². The van der Waals surface area contributed by atoms with Crippen molar-refractivity contribution in [1.29, 1.82) is 0 Å². The lowest BCUT2D eigenvalue weighted by Gasteiger charge is -2.07. The van der Waals surface area contributed by atoms with Crippen LogP contribution in [0.5, 0.6) is 5.75 Å². The zero-order valence-electron chi connectivity index (χ0n) is 10.2. The van der Waals surface area contributed by atoms with Gasteiger partial charge in [0.2, 0.25) is 0 Å². The number of hydrogen-bond donors (Lipinski definition) is 2. The van der Waals surface area contributed by atoms with Gasteiger partial charge in [0.1, 0.15) is 12.4 Å². The first-order chi connectivity index (χ1) is 9.25. The predicted molar refractivity (Wildman–Crippen MR) is 72.7 cm³/mol. The monoisotopic (exact) mass is 278 g/mol. The van der Waals surface area contributed by atoms with Crippen molar-refractivity contribution < 1.29 is 14.6 Å². The maximum Gasteiger partial charge on any atom is 0.335 e. The first-order valence-corrected chi connectivity index (χ1v) is 6.68. The lowest BCUT2D eigenvalue weighted by Crippen LogP contribution is -2.20. The summed E-state index contributed by atoms with van der Waals surface area (Å²) in [4.78, 5) is 15.9. The molecule has 0 bridgehead atoms. The van der Waals surface area contributed by atoms with Crippen LogP contribution in [-0.4, -0.2) is 29.2 Å². The molecule has 0 amide bonds. The molecule has 0 aliphatic carbocycles. The number of aromatic carboxylic acids is 1. The van der Waals surface area contributed by atoms with Crippen molar-refractivity contribution in [2.75, 3.05) is 13.2 Å². The smallest absolute Gasteiger partial charge is 0.335 e. The molecule has 0 fully saturated rings. The van der Waals surface area contributed by atoms with Crippen LogP contribution in [0.25, 0.3) is 0 Å². The summed E-state index contributed by atoms with van der Waals surface area (Å²) in [5.41, 5.74) is 2.03. The molecule has 100 valence electrons. The van der Waals surface area contributed by atoms with Gasteiger partial charge in [-0.1, -0.05) is 6.07 Å². The second kappa shape index (κ2) is 6.86. The summed E-state index contributed by atoms with van der Waals surface area (Å²) < 4.78 is 5.48. The number of nitrogens with zero attached hydrogens (tertiary/aromatic N) is 1. The number of carbonyl (C=O) groups is 1. The number of rotatable bonds is 7. The summed E-state index contributed by atoms with van der Waals surface area (Å²) in [6.07, 6.45) is 1.83. The van der Waals surface area contributed by atoms with E-state index in [-0.39, 0.29) is 5.56 Å². The number of carboxylic acids is 1. The van der Waals surface area contributed by atoms with Crippen molar-refractivity contribution in [3.63, 3.8) is 0 Å². The topological polar surface area (TPSA) is 71.5 Å². The van der Waals surface area contributed by atoms with Crippen LogP contribution in [0, 0.1) is 0 Å². The zero-order valence-corrected chi connectivity index (χ0v) is 11.0. The van der Waals surface area contributed by atoms with Crippen LogP contribution in [0.1, 0.15) is 15.2 Å². The van der Waals surface area contributed by atoms with E-state index in [2.05, 4.69) is 10.3 Å². The van der Waals surface area contributed by atoms with Gasteiger partial charge in [0.05, 0.1) is 11.1 Å². The minimum Gasteiger partial charge on any atom is -0.492 e. The number of nitrogens with one attached hydrogen (secondary N) is 1. The summed E-state index contributed by atoms with van der Waals surface area (Å²) >= 11 is 1.60. The summed E-state index contributed by atoms with van der Waals surface area (Å²) in [7, 11) is 0. The van der Waals surface area contributed by atoms with Gasteiger partial charge in [-0.2, -0.15) is 0 Å². The van der Waals surface area contributed by atoms with Crippen molar-refractivity contribution in [3.05, 3.63) is 46.4 Å². The lowest BCUT2D eigenvalue weighted by atomic mass is 10.2. The van der Waals surface area contributed by atoms with Crippen molar-refractivity contribution in [2.45, 2.75) is 6.54 Å². The number of aromatic nitrogens is 1. The average molecular weight is 278 g/mol. The van der Waals surface area contributed by atoms with E-state index in [0.717, 1.165) is 6.54 Å². The molecular formula is C13H14N2O3S. The zero-order chi connectivity index (χ0) is 13.5. The minimum absolute atomic E-state index is 0.232. The Labute approximate surface area is 114 Å². The fraction of sp³-hybridized carbons (Fsp3) is 0.231. The lowest BCUT2D eigenvalue weighted by molar-refractivity contribution is 0.0696. The average Bonchev–Trinajstić information content (AvgIpc) is 2.92. The molecule has 2 rings (SSSR count). The highest BCUT2D eigenvalue weighted by molar-refractivity contribution is 7.09. The maximum absolute atomic E-state index is 10.8. The van der Waals surface area contributed by atoms with Gasteiger partial charge in [-0.15, -0.1) is 11.3 Å². The van der Waals surface area contributed by atoms with Crippen molar-refractivity contribution >= 4 is 17.3 Å². The van der Waals surface area contributed by atoms with Crippen molar-refractivity contribution in [2.24, 2.45) is 0 Å². The minimum atomic E-state index is -0.950. The Kier molecular flexibility index (Phi) is 4.88. The summed E-state index contributed by atoms with van der Waals surface area (Å²) in [5.74, 6) is -0.381. The Morgan fingerprint density at radius 1 is 1.47 bits per heavy atom. The largest absolute Gasteiger partial charge is 0.492 e. The molecule has 5 nitrogen and oxygen atoms in total. The molecule has 1 heterocycles. The molecule has 0 atom stereocenters. The standard InChI is InChI=1S/C13H14N2O3S/c16-13(17)10-2-1-3-11(6-10)18-5-4-14-7-12-8-15-9-19-12/h1-3,6,8-9,14H,4-5,7H2,(H,16,17). The highest BCUT2D eigenvalue weighted by atomic mass is 32.1. The molecular weight excluding hydrogens is 264 g/mol. The van der Waals surface area contributed by atoms with Gasteiger partial charge < -0.3 is 15.2 Å². The molecule has 6 heteroatoms. The van der Waals surface area contributed by atoms with Gasteiger partial charge in [0.25, 0.3) is 0 Å². The predicted octanol–water partition coefficient (Wildman–Crippen LogP) is 2.01. The Hall–Kier alpha value is -1.92. The Bertz CT molecular complexity index is 528. The number of carboxylic acid groups (broad SMARTS) is 1. The molecule has 0 unspecified atom stereocenters. The molecule has 0 aliphatic heterocycles. The molecule has 2 N–H and O–H groups in total. The Morgan fingerprint density at radius 3 is 3.11 bits per heavy atom. The van der Waals surface area contributed by atoms with E-state index in [9.17, 15) is 4.79 Å². The molecule has 0 spiro atoms. The third-order valence-corrected chi connectivity index (χ3v) is 3.19. The molecule has 0 aliphatic rings. The van der Waals surface area contributed by atoms with Crippen molar-refractivity contribution in [1.82, 2.24) is 10.3 Å². The highest BCUT2D eigenvalue weighted by Gasteiger charge is 2.03. The van der Waals surface area contributed by atoms with Crippen LogP contribution in [0.15, 0.2) is 36.0 Å². The third kappa shape index (κ3) is 4.35. The molecule has 0 saturated heterocycles. The van der Waals surface area contributed by atoms with E-state index >= 15 is 0 Å². The number of thiazole rings is 1. The SMILES string of the molecule is O=C(O)c1cccc(OCCNCc2cncs2)c1. The number of ether oxygens (including phenoxy) is 1. The molecule has 2 aromatic rings. The normalized spacial score (nSPS) is 10.3. The fourth-order valence-corrected chi connectivity index (χ4v) is 2.07. The summed E-state index contributed by atoms with van der Waals surface area (Å²) in [5, 5.41) is 12.1. The molecule has 1 aromatic heterocycles. The van der Waals surface area contributed by atoms with Crippen LogP contribution in [0.2, 0.25) is 0 Å². The summed E-state index contributed by atoms with van der Waals surface area (Å²) in [6, 6.07) is 6.47. The first kappa shape index (κ1) is 13.5. The van der Waals surface area contributed by atoms with Crippen LogP contribution in [-0.2, 0) is 6.54 Å². The van der Waals surface area contributed by atoms with Crippen LogP contribution in [0.3, 0.4) is 0 Å². The van der Waals surface area contributed by atoms with Crippen molar-refractivity contribution in [3.8, 4) is 5.75 Å². The van der Waals surface area contributed by atoms with Gasteiger partial charge in [0, 0.05) is 24.2 Å². The fourth-order valence-electron chi connectivity index (χ4n) is 1.50. The Morgan fingerprint density at radius 2 is 2.37 bits per heavy atom. The van der Waals surface area contributed by atoms with E-state index in [0.29, 0.717) is 18.9 Å². The van der Waals surface area contributed by atoms with E-state index < -0.39 is 5.97 Å². The molecule has 19 heavy (non-hydrogen) atoms. The van der Waals surface area contributed by atoms with Gasteiger partial charge in [0.15, 0.2) is 0 Å². The van der Waals surface area contributed by atoms with E-state index in [1.165, 1.54) is 17.0 Å². The van der Waals surface area contributed by atoms with Gasteiger partial charge in [-0.05, 0) is 18.2 Å². The van der Waals surface area contributed by atoms with Gasteiger partial charge in [-0.25, -0.2) is 4.79 Å². The van der Waals surface area contributed by atoms with E-state index in [4.69, 9.17) is 9.84 Å². The second-order valence-electron chi connectivity index (χ2n) is 3.83. The quantitative estimate of drug-likeness (QED) is 0.758. The number of benzene rings is 1.